The van der Waals surface area contributed by atoms with Crippen molar-refractivity contribution in [1.29, 1.82) is 5.41 Å². The van der Waals surface area contributed by atoms with E-state index in [2.05, 4.69) is 9.97 Å². The molecule has 1 aromatic heterocycles. The van der Waals surface area contributed by atoms with Crippen molar-refractivity contribution in [3.8, 4) is 5.75 Å². The van der Waals surface area contributed by atoms with Crippen molar-refractivity contribution in [2.24, 2.45) is 0 Å². The van der Waals surface area contributed by atoms with E-state index in [1.54, 1.807) is 19.9 Å². The van der Waals surface area contributed by atoms with E-state index < -0.39 is 16.6 Å². The molecule has 3 N–H and O–H groups in total. The number of hydrogen-bond acceptors (Lipinski definition) is 7. The number of anilines is 2. The van der Waals surface area contributed by atoms with Crippen molar-refractivity contribution in [2.75, 3.05) is 35.2 Å². The number of nitrogens with two attached hydrogens (primary N) is 1. The van der Waals surface area contributed by atoms with Gasteiger partial charge in [-0.25, -0.2) is 14.4 Å². The monoisotopic (exact) mass is 391 g/mol. The van der Waals surface area contributed by atoms with E-state index in [4.69, 9.17) is 15.9 Å². The van der Waals surface area contributed by atoms with Gasteiger partial charge in [-0.3, -0.25) is 9.62 Å². The molecule has 7 nitrogen and oxygen atoms in total. The molecule has 0 amide bonds. The van der Waals surface area contributed by atoms with Crippen LogP contribution in [0.25, 0.3) is 0 Å². The Morgan fingerprint density at radius 2 is 2.00 bits per heavy atom. The Labute approximate surface area is 159 Å². The highest BCUT2D eigenvalue weighted by Gasteiger charge is 2.20. The standard InChI is InChI=1S/C18H22FN5O2S/c1-11(2)26-16-7-12(14(20)8-13(16)19)18(21)15-9-17(23-10-22-15)24-3-5-27(25)6-4-24/h7-11,21H,3-6,20H2,1-2H3. The molecule has 0 bridgehead atoms. The molecule has 1 aliphatic rings. The molecule has 1 aliphatic heterocycles. The van der Waals surface area contributed by atoms with Crippen LogP contribution in [0.2, 0.25) is 0 Å². The molecule has 3 rings (SSSR count). The lowest BCUT2D eigenvalue weighted by atomic mass is 10.0. The average Bonchev–Trinajstić information content (AvgIpc) is 2.64. The summed E-state index contributed by atoms with van der Waals surface area (Å²) in [6.45, 7) is 4.87. The first kappa shape index (κ1) is 19.2. The highest BCUT2D eigenvalue weighted by atomic mass is 32.2. The lowest BCUT2D eigenvalue weighted by Gasteiger charge is -2.27. The van der Waals surface area contributed by atoms with Gasteiger partial charge in [0.25, 0.3) is 0 Å². The smallest absolute Gasteiger partial charge is 0.167 e. The van der Waals surface area contributed by atoms with Gasteiger partial charge in [0.2, 0.25) is 0 Å². The van der Waals surface area contributed by atoms with Crippen LogP contribution in [-0.2, 0) is 10.8 Å². The zero-order chi connectivity index (χ0) is 19.6. The molecule has 1 saturated heterocycles. The number of nitrogen functional groups attached to an aromatic ring is 1. The fourth-order valence-corrected chi connectivity index (χ4v) is 3.84. The molecular formula is C18H22FN5O2S. The van der Waals surface area contributed by atoms with Crippen molar-refractivity contribution in [2.45, 2.75) is 20.0 Å². The van der Waals surface area contributed by atoms with E-state index in [-0.39, 0.29) is 23.3 Å². The summed E-state index contributed by atoms with van der Waals surface area (Å²) >= 11 is 0. The first-order chi connectivity index (χ1) is 12.8. The molecule has 0 aliphatic carbocycles. The quantitative estimate of drug-likeness (QED) is 0.596. The SMILES string of the molecule is CC(C)Oc1cc(C(=N)c2cc(N3CCS(=O)CC3)ncn2)c(N)cc1F. The second kappa shape index (κ2) is 7.99. The molecule has 27 heavy (non-hydrogen) atoms. The highest BCUT2D eigenvalue weighted by molar-refractivity contribution is 7.85. The summed E-state index contributed by atoms with van der Waals surface area (Å²) < 4.78 is 31.1. The number of ether oxygens (including phenoxy) is 1. The molecule has 9 heteroatoms. The van der Waals surface area contributed by atoms with Gasteiger partial charge in [0.1, 0.15) is 12.1 Å². The first-order valence-corrected chi connectivity index (χ1v) is 10.1. The van der Waals surface area contributed by atoms with Gasteiger partial charge >= 0.3 is 0 Å². The summed E-state index contributed by atoms with van der Waals surface area (Å²) in [7, 11) is -0.785. The van der Waals surface area contributed by atoms with Crippen LogP contribution in [0.5, 0.6) is 5.75 Å². The van der Waals surface area contributed by atoms with Gasteiger partial charge in [-0.1, -0.05) is 0 Å². The summed E-state index contributed by atoms with van der Waals surface area (Å²) in [6, 6.07) is 4.28. The van der Waals surface area contributed by atoms with Crippen molar-refractivity contribution < 1.29 is 13.3 Å². The van der Waals surface area contributed by atoms with Crippen molar-refractivity contribution in [1.82, 2.24) is 9.97 Å². The molecular weight excluding hydrogens is 369 g/mol. The summed E-state index contributed by atoms with van der Waals surface area (Å²) in [5, 5.41) is 8.49. The fraction of sp³-hybridized carbons (Fsp3) is 0.389. The lowest BCUT2D eigenvalue weighted by Crippen LogP contribution is -2.38. The molecule has 0 unspecified atom stereocenters. The summed E-state index contributed by atoms with van der Waals surface area (Å²) in [5.41, 5.74) is 6.85. The third kappa shape index (κ3) is 4.41. The van der Waals surface area contributed by atoms with Crippen LogP contribution in [0.1, 0.15) is 25.1 Å². The summed E-state index contributed by atoms with van der Waals surface area (Å²) in [4.78, 5) is 10.4. The van der Waals surface area contributed by atoms with Gasteiger partial charge in [0, 0.05) is 58.8 Å². The maximum Gasteiger partial charge on any atom is 0.167 e. The topological polar surface area (TPSA) is 105 Å². The van der Waals surface area contributed by atoms with Crippen molar-refractivity contribution >= 4 is 28.0 Å². The molecule has 1 fully saturated rings. The van der Waals surface area contributed by atoms with Crippen LogP contribution in [0, 0.1) is 11.2 Å². The number of hydrogen-bond donors (Lipinski definition) is 2. The second-order valence-electron chi connectivity index (χ2n) is 6.51. The van der Waals surface area contributed by atoms with Crippen molar-refractivity contribution in [3.05, 3.63) is 41.6 Å². The van der Waals surface area contributed by atoms with Crippen LogP contribution in [0.4, 0.5) is 15.9 Å². The molecule has 2 aromatic rings. The summed E-state index contributed by atoms with van der Waals surface area (Å²) in [6.07, 6.45) is 1.18. The van der Waals surface area contributed by atoms with Crippen LogP contribution in [0.3, 0.4) is 0 Å². The Bertz CT molecular complexity index is 880. The largest absolute Gasteiger partial charge is 0.488 e. The van der Waals surface area contributed by atoms with Gasteiger partial charge in [-0.05, 0) is 19.9 Å². The van der Waals surface area contributed by atoms with Gasteiger partial charge < -0.3 is 15.4 Å². The highest BCUT2D eigenvalue weighted by Crippen LogP contribution is 2.27. The van der Waals surface area contributed by atoms with Gasteiger partial charge in [0.05, 0.1) is 17.5 Å². The zero-order valence-corrected chi connectivity index (χ0v) is 16.1. The van der Waals surface area contributed by atoms with Gasteiger partial charge in [0.15, 0.2) is 11.6 Å². The third-order valence-electron chi connectivity index (χ3n) is 4.15. The Kier molecular flexibility index (Phi) is 5.69. The summed E-state index contributed by atoms with van der Waals surface area (Å²) in [5.74, 6) is 1.34. The van der Waals surface area contributed by atoms with Gasteiger partial charge in [-0.15, -0.1) is 0 Å². The molecule has 1 aromatic carbocycles. The van der Waals surface area contributed by atoms with E-state index >= 15 is 0 Å². The molecule has 0 spiro atoms. The van der Waals surface area contributed by atoms with Crippen LogP contribution in [-0.4, -0.2) is 50.6 Å². The second-order valence-corrected chi connectivity index (χ2v) is 8.20. The van der Waals surface area contributed by atoms with E-state index in [0.29, 0.717) is 41.7 Å². The van der Waals surface area contributed by atoms with Crippen LogP contribution in [0.15, 0.2) is 24.5 Å². The van der Waals surface area contributed by atoms with E-state index in [9.17, 15) is 8.60 Å². The van der Waals surface area contributed by atoms with E-state index in [0.717, 1.165) is 6.07 Å². The lowest BCUT2D eigenvalue weighted by molar-refractivity contribution is 0.231. The first-order valence-electron chi connectivity index (χ1n) is 8.62. The number of halogens is 1. The predicted octanol–water partition coefficient (Wildman–Crippen LogP) is 1.97. The Balaban J connectivity index is 1.90. The Morgan fingerprint density at radius 1 is 1.30 bits per heavy atom. The third-order valence-corrected chi connectivity index (χ3v) is 5.42. The van der Waals surface area contributed by atoms with Crippen LogP contribution >= 0.6 is 0 Å². The number of benzene rings is 1. The fourth-order valence-electron chi connectivity index (χ4n) is 2.79. The molecule has 2 heterocycles. The molecule has 0 saturated carbocycles. The number of nitrogens with one attached hydrogen (secondary N) is 1. The van der Waals surface area contributed by atoms with Gasteiger partial charge in [-0.2, -0.15) is 0 Å². The maximum atomic E-state index is 14.1. The minimum Gasteiger partial charge on any atom is -0.488 e. The minimum absolute atomic E-state index is 0.0479. The maximum absolute atomic E-state index is 14.1. The van der Waals surface area contributed by atoms with Crippen molar-refractivity contribution in [3.63, 3.8) is 0 Å². The normalized spacial score (nSPS) is 15.2. The van der Waals surface area contributed by atoms with E-state index in [1.165, 1.54) is 12.4 Å². The number of aromatic nitrogens is 2. The Hall–Kier alpha value is -2.55. The number of rotatable bonds is 5. The molecule has 0 radical (unpaired) electrons. The Morgan fingerprint density at radius 3 is 2.67 bits per heavy atom. The number of nitrogens with zero attached hydrogens (tertiary/aromatic N) is 3. The van der Waals surface area contributed by atoms with Crippen LogP contribution < -0.4 is 15.4 Å². The average molecular weight is 391 g/mol. The zero-order valence-electron chi connectivity index (χ0n) is 15.2. The minimum atomic E-state index is -0.785. The predicted molar refractivity (Wildman–Crippen MR) is 105 cm³/mol. The molecule has 0 atom stereocenters. The molecule has 144 valence electrons. The van der Waals surface area contributed by atoms with E-state index in [1.807, 2.05) is 4.90 Å².